The summed E-state index contributed by atoms with van der Waals surface area (Å²) in [6.45, 7) is 0.232. The normalized spacial score (nSPS) is 14.8. The number of rotatable bonds is 11. The van der Waals surface area contributed by atoms with Crippen molar-refractivity contribution in [1.29, 1.82) is 0 Å². The van der Waals surface area contributed by atoms with E-state index >= 15 is 0 Å². The predicted octanol–water partition coefficient (Wildman–Crippen LogP) is 5.87. The van der Waals surface area contributed by atoms with E-state index in [1.165, 1.54) is 5.56 Å². The number of aliphatic carboxylic acids is 1. The van der Waals surface area contributed by atoms with Crippen LogP contribution in [0, 0.1) is 0 Å². The molecule has 0 bridgehead atoms. The third-order valence-electron chi connectivity index (χ3n) is 7.37. The van der Waals surface area contributed by atoms with E-state index in [1.807, 2.05) is 89.9 Å². The molecule has 0 aliphatic heterocycles. The number of carboxylic acid groups (broad SMARTS) is 1. The number of urea groups is 1. The largest absolute Gasteiger partial charge is 0.482 e. The number of nitrogens with one attached hydrogen (secondary N) is 2. The zero-order valence-electron chi connectivity index (χ0n) is 22.8. The number of hydrogen-bond donors (Lipinski definition) is 3. The van der Waals surface area contributed by atoms with Gasteiger partial charge in [0.2, 0.25) is 0 Å². The van der Waals surface area contributed by atoms with Gasteiger partial charge in [-0.25, -0.2) is 15.0 Å². The van der Waals surface area contributed by atoms with Gasteiger partial charge in [-0.15, -0.1) is 0 Å². The summed E-state index contributed by atoms with van der Waals surface area (Å²) in [6.07, 6.45) is 7.15. The molecule has 0 radical (unpaired) electrons. The number of amides is 2. The maximum atomic E-state index is 13.5. The Bertz CT molecular complexity index is 1390. The summed E-state index contributed by atoms with van der Waals surface area (Å²) >= 11 is 0. The third-order valence-corrected chi connectivity index (χ3v) is 7.37. The number of hydrogen-bond acceptors (Lipinski definition) is 5. The van der Waals surface area contributed by atoms with E-state index in [-0.39, 0.29) is 24.6 Å². The molecule has 1 aliphatic rings. The van der Waals surface area contributed by atoms with Crippen LogP contribution in [0.3, 0.4) is 0 Å². The van der Waals surface area contributed by atoms with Crippen LogP contribution >= 0.6 is 0 Å². The van der Waals surface area contributed by atoms with E-state index in [0.717, 1.165) is 48.1 Å². The van der Waals surface area contributed by atoms with Crippen molar-refractivity contribution >= 4 is 17.7 Å². The number of fused-ring (bicyclic) bond motifs is 1. The summed E-state index contributed by atoms with van der Waals surface area (Å²) in [5, 5.41) is 14.1. The Morgan fingerprint density at radius 1 is 0.951 bits per heavy atom. The van der Waals surface area contributed by atoms with Crippen molar-refractivity contribution in [3.05, 3.63) is 126 Å². The van der Waals surface area contributed by atoms with Gasteiger partial charge >= 0.3 is 12.0 Å². The van der Waals surface area contributed by atoms with Crippen molar-refractivity contribution in [2.75, 3.05) is 18.2 Å². The fourth-order valence-electron chi connectivity index (χ4n) is 5.47. The van der Waals surface area contributed by atoms with Crippen LogP contribution < -0.4 is 20.5 Å². The van der Waals surface area contributed by atoms with Crippen LogP contribution in [0.2, 0.25) is 0 Å². The first-order valence-electron chi connectivity index (χ1n) is 13.9. The third kappa shape index (κ3) is 7.22. The van der Waals surface area contributed by atoms with Crippen molar-refractivity contribution in [2.24, 2.45) is 0 Å². The molecule has 210 valence electrons. The fourth-order valence-corrected chi connectivity index (χ4v) is 5.47. The van der Waals surface area contributed by atoms with E-state index in [2.05, 4.69) is 21.8 Å². The van der Waals surface area contributed by atoms with Gasteiger partial charge < -0.3 is 15.2 Å². The van der Waals surface area contributed by atoms with Gasteiger partial charge in [0.15, 0.2) is 6.61 Å². The molecule has 2 amide bonds. The monoisotopic (exact) mass is 550 g/mol. The summed E-state index contributed by atoms with van der Waals surface area (Å²) in [6, 6.07) is 28.6. The van der Waals surface area contributed by atoms with Gasteiger partial charge in [0, 0.05) is 18.9 Å². The summed E-state index contributed by atoms with van der Waals surface area (Å²) in [7, 11) is 0. The van der Waals surface area contributed by atoms with Crippen molar-refractivity contribution in [3.8, 4) is 5.75 Å². The first-order valence-corrected chi connectivity index (χ1v) is 13.9. The number of benzene rings is 3. The first-order chi connectivity index (χ1) is 20.1. The van der Waals surface area contributed by atoms with E-state index in [0.29, 0.717) is 12.3 Å². The molecule has 1 aliphatic carbocycles. The Hall–Kier alpha value is -4.85. The van der Waals surface area contributed by atoms with Crippen LogP contribution in [0.25, 0.3) is 0 Å². The second-order valence-electron chi connectivity index (χ2n) is 10.1. The number of aromatic nitrogens is 1. The molecule has 0 saturated carbocycles. The van der Waals surface area contributed by atoms with Gasteiger partial charge in [-0.3, -0.25) is 9.99 Å². The number of carbonyl (C=O) groups excluding carboxylic acids is 1. The number of carboxylic acids is 1. The zero-order chi connectivity index (χ0) is 28.4. The molecule has 5 rings (SSSR count). The van der Waals surface area contributed by atoms with E-state index in [4.69, 9.17) is 9.84 Å². The zero-order valence-corrected chi connectivity index (χ0v) is 22.8. The average Bonchev–Trinajstić information content (AvgIpc) is 3.02. The van der Waals surface area contributed by atoms with Crippen LogP contribution in [-0.2, 0) is 11.2 Å². The number of nitrogens with zero attached hydrogens (tertiary/aromatic N) is 2. The van der Waals surface area contributed by atoms with Crippen LogP contribution in [0.1, 0.15) is 53.5 Å². The van der Waals surface area contributed by atoms with Gasteiger partial charge in [-0.2, -0.15) is 0 Å². The molecular weight excluding hydrogens is 516 g/mol. The highest BCUT2D eigenvalue weighted by Gasteiger charge is 2.25. The SMILES string of the molecule is O=C(O)COc1cccc2c1CCCC2CCN(NC(=O)NC(c1ccccc1)c1cccnc1)c1ccccc1. The summed E-state index contributed by atoms with van der Waals surface area (Å²) < 4.78 is 5.59. The Morgan fingerprint density at radius 2 is 1.71 bits per heavy atom. The van der Waals surface area contributed by atoms with Gasteiger partial charge in [-0.1, -0.05) is 66.7 Å². The number of para-hydroxylation sites is 1. The minimum absolute atomic E-state index is 0.260. The molecule has 0 fully saturated rings. The maximum Gasteiger partial charge on any atom is 0.341 e. The smallest absolute Gasteiger partial charge is 0.341 e. The number of carbonyl (C=O) groups is 2. The number of anilines is 1. The van der Waals surface area contributed by atoms with Gasteiger partial charge in [0.25, 0.3) is 0 Å². The van der Waals surface area contributed by atoms with E-state index < -0.39 is 5.97 Å². The van der Waals surface area contributed by atoms with Crippen LogP contribution in [-0.4, -0.2) is 35.2 Å². The van der Waals surface area contributed by atoms with E-state index in [9.17, 15) is 9.59 Å². The second-order valence-corrected chi connectivity index (χ2v) is 10.1. The van der Waals surface area contributed by atoms with Crippen LogP contribution in [0.4, 0.5) is 10.5 Å². The second kappa shape index (κ2) is 13.5. The molecule has 8 heteroatoms. The highest BCUT2D eigenvalue weighted by Crippen LogP contribution is 2.38. The molecule has 1 aromatic heterocycles. The lowest BCUT2D eigenvalue weighted by molar-refractivity contribution is -0.139. The minimum atomic E-state index is -0.990. The number of pyridine rings is 1. The summed E-state index contributed by atoms with van der Waals surface area (Å²) in [5.74, 6) is -0.0825. The van der Waals surface area contributed by atoms with Crippen molar-refractivity contribution < 1.29 is 19.4 Å². The standard InChI is InChI=1S/C33H34N4O4/c38-31(39)23-41-30-18-8-16-28-24(12-7-17-29(28)30)19-21-37(27-14-5-2-6-15-27)36-33(40)35-32(25-10-3-1-4-11-25)26-13-9-20-34-22-26/h1-6,8-11,13-16,18,20,22,24,32H,7,12,17,19,21,23H2,(H,38,39)(H2,35,36,40). The molecule has 3 aromatic carbocycles. The Balaban J connectivity index is 1.32. The molecule has 2 atom stereocenters. The molecule has 8 nitrogen and oxygen atoms in total. The summed E-state index contributed by atoms with van der Waals surface area (Å²) in [4.78, 5) is 28.8. The average molecular weight is 551 g/mol. The van der Waals surface area contributed by atoms with Crippen LogP contribution in [0.5, 0.6) is 5.75 Å². The predicted molar refractivity (Wildman–Crippen MR) is 158 cm³/mol. The lowest BCUT2D eigenvalue weighted by Gasteiger charge is -2.31. The van der Waals surface area contributed by atoms with Crippen LogP contribution in [0.15, 0.2) is 103 Å². The molecule has 41 heavy (non-hydrogen) atoms. The van der Waals surface area contributed by atoms with Gasteiger partial charge in [0.05, 0.1) is 11.7 Å². The summed E-state index contributed by atoms with van der Waals surface area (Å²) in [5.41, 5.74) is 8.10. The molecule has 3 N–H and O–H groups in total. The molecule has 1 heterocycles. The molecule has 4 aromatic rings. The van der Waals surface area contributed by atoms with Crippen molar-refractivity contribution in [1.82, 2.24) is 15.7 Å². The minimum Gasteiger partial charge on any atom is -0.482 e. The highest BCUT2D eigenvalue weighted by molar-refractivity contribution is 5.77. The Kier molecular flexibility index (Phi) is 9.11. The van der Waals surface area contributed by atoms with E-state index in [1.54, 1.807) is 12.4 Å². The molecule has 0 saturated heterocycles. The molecule has 0 spiro atoms. The van der Waals surface area contributed by atoms with Gasteiger partial charge in [-0.05, 0) is 78.1 Å². The lowest BCUT2D eigenvalue weighted by atomic mass is 9.80. The van der Waals surface area contributed by atoms with Crippen molar-refractivity contribution in [3.63, 3.8) is 0 Å². The highest BCUT2D eigenvalue weighted by atomic mass is 16.5. The Morgan fingerprint density at radius 3 is 2.44 bits per heavy atom. The van der Waals surface area contributed by atoms with Crippen molar-refractivity contribution in [2.45, 2.75) is 37.6 Å². The number of hydrazine groups is 1. The Labute approximate surface area is 240 Å². The maximum absolute atomic E-state index is 13.5. The molecular formula is C33H34N4O4. The molecule has 2 unspecified atom stereocenters. The fraction of sp³-hybridized carbons (Fsp3) is 0.242. The number of ether oxygens (including phenoxy) is 1. The lowest BCUT2D eigenvalue weighted by Crippen LogP contribution is -2.49. The quantitative estimate of drug-likeness (QED) is 0.202. The first kappa shape index (κ1) is 27.7. The van der Waals surface area contributed by atoms with Gasteiger partial charge in [0.1, 0.15) is 5.75 Å². The topological polar surface area (TPSA) is 104 Å².